The molecule has 0 aliphatic rings. The first-order valence-corrected chi connectivity index (χ1v) is 6.68. The normalized spacial score (nSPS) is 13.9. The minimum Gasteiger partial charge on any atom is -0.382 e. The van der Waals surface area contributed by atoms with E-state index in [2.05, 4.69) is 26.1 Å². The minimum atomic E-state index is -0.800. The summed E-state index contributed by atoms with van der Waals surface area (Å²) in [4.78, 5) is 9.99. The molecule has 1 aromatic rings. The smallest absolute Gasteiger partial charge is 0.306 e. The van der Waals surface area contributed by atoms with Crippen molar-refractivity contribution in [1.29, 1.82) is 0 Å². The van der Waals surface area contributed by atoms with Crippen LogP contribution in [0.3, 0.4) is 0 Å². The number of benzene rings is 1. The number of rotatable bonds is 7. The Balaban J connectivity index is 2.80. The Hall–Kier alpha value is -1.65. The molecule has 1 rings (SSSR count). The van der Waals surface area contributed by atoms with Crippen LogP contribution in [0.1, 0.15) is 40.0 Å². The molecule has 19 heavy (non-hydrogen) atoms. The molecular weight excluding hydrogens is 247 g/mol. The van der Waals surface area contributed by atoms with Crippen molar-refractivity contribution in [1.82, 2.24) is 0 Å². The lowest BCUT2D eigenvalue weighted by Gasteiger charge is -2.21. The Labute approximate surface area is 113 Å². The van der Waals surface area contributed by atoms with Crippen molar-refractivity contribution < 1.29 is 9.31 Å². The van der Waals surface area contributed by atoms with Gasteiger partial charge in [0.05, 0.1) is 4.92 Å². The fourth-order valence-electron chi connectivity index (χ4n) is 1.96. The maximum absolute atomic E-state index is 13.2. The molecule has 2 atom stereocenters. The highest BCUT2D eigenvalue weighted by Gasteiger charge is 2.16. The van der Waals surface area contributed by atoms with Gasteiger partial charge in [-0.25, -0.2) is 0 Å². The fourth-order valence-corrected chi connectivity index (χ4v) is 1.96. The summed E-state index contributed by atoms with van der Waals surface area (Å²) in [6, 6.07) is 4.19. The quantitative estimate of drug-likeness (QED) is 0.590. The lowest BCUT2D eigenvalue weighted by Crippen LogP contribution is -2.21. The van der Waals surface area contributed by atoms with E-state index in [1.807, 2.05) is 0 Å². The first kappa shape index (κ1) is 15.4. The van der Waals surface area contributed by atoms with Gasteiger partial charge in [-0.1, -0.05) is 27.2 Å². The molecule has 0 spiro atoms. The molecule has 1 N–H and O–H groups in total. The molecular formula is C14H21FN2O2. The zero-order chi connectivity index (χ0) is 14.4. The molecule has 0 fully saturated rings. The summed E-state index contributed by atoms with van der Waals surface area (Å²) < 4.78 is 13.2. The molecule has 0 amide bonds. The molecule has 0 radical (unpaired) electrons. The predicted octanol–water partition coefficient (Wildman–Crippen LogP) is 4.36. The van der Waals surface area contributed by atoms with Gasteiger partial charge in [-0.2, -0.15) is 4.39 Å². The number of hydrogen-bond donors (Lipinski definition) is 1. The lowest BCUT2D eigenvalue weighted by molar-refractivity contribution is -0.387. The third-order valence-electron chi connectivity index (χ3n) is 3.39. The molecule has 0 saturated heterocycles. The van der Waals surface area contributed by atoms with Crippen LogP contribution in [0.5, 0.6) is 0 Å². The number of halogens is 1. The second kappa shape index (κ2) is 7.07. The van der Waals surface area contributed by atoms with Crippen molar-refractivity contribution in [3.05, 3.63) is 34.1 Å². The topological polar surface area (TPSA) is 55.2 Å². The Morgan fingerprint density at radius 3 is 2.58 bits per heavy atom. The van der Waals surface area contributed by atoms with Crippen molar-refractivity contribution in [2.24, 2.45) is 5.92 Å². The van der Waals surface area contributed by atoms with Crippen LogP contribution in [0.15, 0.2) is 18.2 Å². The van der Waals surface area contributed by atoms with Crippen LogP contribution in [-0.4, -0.2) is 11.0 Å². The number of hydrogen-bond acceptors (Lipinski definition) is 3. The van der Waals surface area contributed by atoms with Gasteiger partial charge in [0.2, 0.25) is 5.82 Å². The highest BCUT2D eigenvalue weighted by molar-refractivity contribution is 5.52. The van der Waals surface area contributed by atoms with Crippen LogP contribution < -0.4 is 5.32 Å². The van der Waals surface area contributed by atoms with Gasteiger partial charge < -0.3 is 5.32 Å². The number of nitro groups is 1. The van der Waals surface area contributed by atoms with Gasteiger partial charge in [0.15, 0.2) is 0 Å². The summed E-state index contributed by atoms with van der Waals surface area (Å²) in [6.07, 6.45) is 3.02. The van der Waals surface area contributed by atoms with Crippen molar-refractivity contribution in [3.63, 3.8) is 0 Å². The maximum Gasteiger partial charge on any atom is 0.306 e. The van der Waals surface area contributed by atoms with Crippen molar-refractivity contribution in [3.8, 4) is 0 Å². The van der Waals surface area contributed by atoms with Crippen LogP contribution in [0.25, 0.3) is 0 Å². The van der Waals surface area contributed by atoms with Crippen LogP contribution in [0.4, 0.5) is 15.8 Å². The number of nitrogens with zero attached hydrogens (tertiary/aromatic N) is 1. The average Bonchev–Trinajstić information content (AvgIpc) is 2.39. The highest BCUT2D eigenvalue weighted by atomic mass is 19.1. The van der Waals surface area contributed by atoms with Crippen molar-refractivity contribution >= 4 is 11.4 Å². The van der Waals surface area contributed by atoms with Gasteiger partial charge >= 0.3 is 5.69 Å². The molecule has 0 saturated carbocycles. The van der Waals surface area contributed by atoms with E-state index < -0.39 is 16.4 Å². The number of nitrogens with one attached hydrogen (secondary N) is 1. The van der Waals surface area contributed by atoms with E-state index in [1.165, 1.54) is 6.07 Å². The molecule has 0 aromatic heterocycles. The van der Waals surface area contributed by atoms with Crippen LogP contribution >= 0.6 is 0 Å². The zero-order valence-corrected chi connectivity index (χ0v) is 11.6. The van der Waals surface area contributed by atoms with Crippen molar-refractivity contribution in [2.75, 3.05) is 5.32 Å². The van der Waals surface area contributed by atoms with Crippen LogP contribution in [0.2, 0.25) is 0 Å². The summed E-state index contributed by atoms with van der Waals surface area (Å²) in [5.74, 6) is -0.210. The van der Waals surface area contributed by atoms with Crippen molar-refractivity contribution in [2.45, 2.75) is 46.1 Å². The second-order valence-corrected chi connectivity index (χ2v) is 4.92. The third kappa shape index (κ3) is 4.50. The zero-order valence-electron chi connectivity index (χ0n) is 11.6. The summed E-state index contributed by atoms with van der Waals surface area (Å²) in [6.45, 7) is 6.38. The SMILES string of the molecule is CCC(C)CC(CC)Nc1ccc(F)c([N+](=O)[O-])c1. The predicted molar refractivity (Wildman–Crippen MR) is 74.8 cm³/mol. The van der Waals surface area contributed by atoms with Gasteiger partial charge in [-0.3, -0.25) is 10.1 Å². The highest BCUT2D eigenvalue weighted by Crippen LogP contribution is 2.24. The molecule has 5 heteroatoms. The van der Waals surface area contributed by atoms with Gasteiger partial charge in [-0.05, 0) is 30.9 Å². The molecule has 1 aromatic carbocycles. The van der Waals surface area contributed by atoms with Gasteiger partial charge in [0.1, 0.15) is 0 Å². The van der Waals surface area contributed by atoms with E-state index in [9.17, 15) is 14.5 Å². The standard InChI is InChI=1S/C14H21FN2O2/c1-4-10(3)8-11(5-2)16-12-6-7-13(15)14(9-12)17(18)19/h6-7,9-11,16H,4-5,8H2,1-3H3. The summed E-state index contributed by atoms with van der Waals surface area (Å²) in [5.41, 5.74) is 0.117. The van der Waals surface area contributed by atoms with E-state index in [1.54, 1.807) is 6.07 Å². The van der Waals surface area contributed by atoms with E-state index in [0.29, 0.717) is 11.6 Å². The van der Waals surface area contributed by atoms with E-state index >= 15 is 0 Å². The molecule has 2 unspecified atom stereocenters. The summed E-state index contributed by atoms with van der Waals surface area (Å²) in [7, 11) is 0. The number of anilines is 1. The summed E-state index contributed by atoms with van der Waals surface area (Å²) >= 11 is 0. The van der Waals surface area contributed by atoms with Crippen LogP contribution in [0, 0.1) is 21.8 Å². The number of nitro benzene ring substituents is 1. The molecule has 0 bridgehead atoms. The van der Waals surface area contributed by atoms with Gasteiger partial charge in [0, 0.05) is 17.8 Å². The third-order valence-corrected chi connectivity index (χ3v) is 3.39. The average molecular weight is 268 g/mol. The van der Waals surface area contributed by atoms with E-state index in [-0.39, 0.29) is 6.04 Å². The Morgan fingerprint density at radius 2 is 2.05 bits per heavy atom. The van der Waals surface area contributed by atoms with Crippen LogP contribution in [-0.2, 0) is 0 Å². The molecule has 0 aliphatic heterocycles. The fraction of sp³-hybridized carbons (Fsp3) is 0.571. The first-order valence-electron chi connectivity index (χ1n) is 6.68. The molecule has 0 heterocycles. The summed E-state index contributed by atoms with van der Waals surface area (Å²) in [5, 5.41) is 13.9. The largest absolute Gasteiger partial charge is 0.382 e. The van der Waals surface area contributed by atoms with E-state index in [0.717, 1.165) is 25.3 Å². The Kier molecular flexibility index (Phi) is 5.73. The lowest BCUT2D eigenvalue weighted by atomic mass is 9.97. The molecule has 4 nitrogen and oxygen atoms in total. The first-order chi connectivity index (χ1) is 8.97. The van der Waals surface area contributed by atoms with Gasteiger partial charge in [0.25, 0.3) is 0 Å². The Morgan fingerprint density at radius 1 is 1.37 bits per heavy atom. The monoisotopic (exact) mass is 268 g/mol. The maximum atomic E-state index is 13.2. The second-order valence-electron chi connectivity index (χ2n) is 4.92. The molecule has 0 aliphatic carbocycles. The minimum absolute atomic E-state index is 0.250. The Bertz CT molecular complexity index is 437. The van der Waals surface area contributed by atoms with Gasteiger partial charge in [-0.15, -0.1) is 0 Å². The molecule has 106 valence electrons. The van der Waals surface area contributed by atoms with E-state index in [4.69, 9.17) is 0 Å².